The first-order chi connectivity index (χ1) is 15.4. The molecule has 0 fully saturated rings. The normalized spacial score (nSPS) is 13.4. The zero-order valence-electron chi connectivity index (χ0n) is 17.1. The molecule has 0 N–H and O–H groups in total. The van der Waals surface area contributed by atoms with Crippen molar-refractivity contribution >= 4 is 49.4 Å². The quantitative estimate of drug-likeness (QED) is 0.254. The summed E-state index contributed by atoms with van der Waals surface area (Å²) in [5, 5.41) is 9.08. The van der Waals surface area contributed by atoms with E-state index in [2.05, 4.69) is 97.1 Å². The van der Waals surface area contributed by atoms with Crippen LogP contribution in [-0.4, -0.2) is 0 Å². The molecular formula is C30H20O. The highest BCUT2D eigenvalue weighted by Crippen LogP contribution is 2.38. The monoisotopic (exact) mass is 396 g/mol. The average molecular weight is 396 g/mol. The Morgan fingerprint density at radius 1 is 0.548 bits per heavy atom. The van der Waals surface area contributed by atoms with Gasteiger partial charge in [-0.25, -0.2) is 0 Å². The molecular weight excluding hydrogens is 376 g/mol. The number of hydrogen-bond acceptors (Lipinski definition) is 1. The van der Waals surface area contributed by atoms with Crippen molar-refractivity contribution in [2.45, 2.75) is 12.8 Å². The van der Waals surface area contributed by atoms with Gasteiger partial charge in [0.25, 0.3) is 0 Å². The Balaban J connectivity index is 1.52. The molecule has 1 aromatic heterocycles. The summed E-state index contributed by atoms with van der Waals surface area (Å²) in [6.45, 7) is 0. The maximum atomic E-state index is 6.11. The molecule has 31 heavy (non-hydrogen) atoms. The Kier molecular flexibility index (Phi) is 3.45. The van der Waals surface area contributed by atoms with Crippen molar-refractivity contribution in [3.8, 4) is 11.1 Å². The van der Waals surface area contributed by atoms with Crippen LogP contribution in [0.25, 0.3) is 60.5 Å². The SMILES string of the molecule is C1=Cc2c(oc3ccc(-c4ccc5c6ccccc6c6ccccc6c5c4)cc23)CC1. The van der Waals surface area contributed by atoms with Crippen LogP contribution in [0.15, 0.2) is 95.4 Å². The molecule has 146 valence electrons. The fourth-order valence-electron chi connectivity index (χ4n) is 5.22. The van der Waals surface area contributed by atoms with Crippen molar-refractivity contribution in [3.63, 3.8) is 0 Å². The van der Waals surface area contributed by atoms with Crippen molar-refractivity contribution in [2.75, 3.05) is 0 Å². The Hall–Kier alpha value is -3.84. The largest absolute Gasteiger partial charge is 0.460 e. The fraction of sp³-hybridized carbons (Fsp3) is 0.0667. The molecule has 0 saturated carbocycles. The summed E-state index contributed by atoms with van der Waals surface area (Å²) in [5.74, 6) is 1.12. The van der Waals surface area contributed by atoms with E-state index < -0.39 is 0 Å². The smallest absolute Gasteiger partial charge is 0.134 e. The zero-order chi connectivity index (χ0) is 20.4. The summed E-state index contributed by atoms with van der Waals surface area (Å²) in [6.07, 6.45) is 6.52. The van der Waals surface area contributed by atoms with Crippen molar-refractivity contribution in [1.29, 1.82) is 0 Å². The number of hydrogen-bond donors (Lipinski definition) is 0. The topological polar surface area (TPSA) is 13.1 Å². The van der Waals surface area contributed by atoms with E-state index in [1.54, 1.807) is 0 Å². The molecule has 0 amide bonds. The van der Waals surface area contributed by atoms with Crippen molar-refractivity contribution in [2.24, 2.45) is 0 Å². The maximum absolute atomic E-state index is 6.11. The number of allylic oxidation sites excluding steroid dienone is 1. The van der Waals surface area contributed by atoms with Gasteiger partial charge in [0.05, 0.1) is 0 Å². The second-order valence-electron chi connectivity index (χ2n) is 8.44. The van der Waals surface area contributed by atoms with Crippen LogP contribution < -0.4 is 0 Å². The van der Waals surface area contributed by atoms with E-state index in [0.717, 1.165) is 24.2 Å². The van der Waals surface area contributed by atoms with Gasteiger partial charge in [-0.3, -0.25) is 0 Å². The average Bonchev–Trinajstić information content (AvgIpc) is 3.22. The first kappa shape index (κ1) is 16.9. The van der Waals surface area contributed by atoms with Gasteiger partial charge in [0.1, 0.15) is 11.3 Å². The second-order valence-corrected chi connectivity index (χ2v) is 8.44. The van der Waals surface area contributed by atoms with Crippen LogP contribution in [0.4, 0.5) is 0 Å². The van der Waals surface area contributed by atoms with Gasteiger partial charge in [0, 0.05) is 17.4 Å². The number of rotatable bonds is 1. The molecule has 0 saturated heterocycles. The minimum absolute atomic E-state index is 0.984. The predicted molar refractivity (Wildman–Crippen MR) is 132 cm³/mol. The van der Waals surface area contributed by atoms with E-state index in [-0.39, 0.29) is 0 Å². The van der Waals surface area contributed by atoms with Gasteiger partial charge in [-0.15, -0.1) is 0 Å². The highest BCUT2D eigenvalue weighted by molar-refractivity contribution is 6.25. The molecule has 6 aromatic rings. The summed E-state index contributed by atoms with van der Waals surface area (Å²) in [4.78, 5) is 0. The van der Waals surface area contributed by atoms with Crippen molar-refractivity contribution < 1.29 is 4.42 Å². The molecule has 1 aliphatic rings. The number of benzene rings is 5. The number of furan rings is 1. The third kappa shape index (κ3) is 2.44. The minimum Gasteiger partial charge on any atom is -0.460 e. The van der Waals surface area contributed by atoms with Gasteiger partial charge in [-0.2, -0.15) is 0 Å². The van der Waals surface area contributed by atoms with Gasteiger partial charge in [-0.1, -0.05) is 78.9 Å². The van der Waals surface area contributed by atoms with Gasteiger partial charge < -0.3 is 4.42 Å². The third-order valence-electron chi connectivity index (χ3n) is 6.70. The predicted octanol–water partition coefficient (Wildman–Crippen LogP) is 8.52. The van der Waals surface area contributed by atoms with Gasteiger partial charge in [0.15, 0.2) is 0 Å². The lowest BCUT2D eigenvalue weighted by molar-refractivity contribution is 0.546. The molecule has 0 radical (unpaired) electrons. The molecule has 0 spiro atoms. The van der Waals surface area contributed by atoms with Crippen molar-refractivity contribution in [3.05, 3.63) is 102 Å². The Morgan fingerprint density at radius 2 is 1.13 bits per heavy atom. The summed E-state index contributed by atoms with van der Waals surface area (Å²) in [6, 6.07) is 31.0. The number of fused-ring (bicyclic) bond motifs is 9. The van der Waals surface area contributed by atoms with Crippen LogP contribution in [0.5, 0.6) is 0 Å². The molecule has 7 rings (SSSR count). The van der Waals surface area contributed by atoms with E-state index >= 15 is 0 Å². The highest BCUT2D eigenvalue weighted by Gasteiger charge is 2.15. The van der Waals surface area contributed by atoms with Gasteiger partial charge in [-0.05, 0) is 68.1 Å². The maximum Gasteiger partial charge on any atom is 0.134 e. The van der Waals surface area contributed by atoms with E-state index in [1.165, 1.54) is 54.4 Å². The minimum atomic E-state index is 0.984. The molecule has 0 unspecified atom stereocenters. The van der Waals surface area contributed by atoms with Gasteiger partial charge >= 0.3 is 0 Å². The number of aryl methyl sites for hydroxylation is 1. The first-order valence-corrected chi connectivity index (χ1v) is 10.9. The summed E-state index contributed by atoms with van der Waals surface area (Å²) in [5.41, 5.74) is 4.71. The molecule has 0 atom stereocenters. The van der Waals surface area contributed by atoms with Crippen LogP contribution in [0, 0.1) is 0 Å². The molecule has 1 aliphatic carbocycles. The lowest BCUT2D eigenvalue weighted by Crippen LogP contribution is -1.88. The van der Waals surface area contributed by atoms with Crippen LogP contribution in [0.2, 0.25) is 0 Å². The van der Waals surface area contributed by atoms with E-state index in [9.17, 15) is 0 Å². The zero-order valence-corrected chi connectivity index (χ0v) is 17.1. The molecule has 0 bridgehead atoms. The van der Waals surface area contributed by atoms with E-state index in [4.69, 9.17) is 4.42 Å². The van der Waals surface area contributed by atoms with Gasteiger partial charge in [0.2, 0.25) is 0 Å². The fourth-order valence-corrected chi connectivity index (χ4v) is 5.22. The molecule has 0 aliphatic heterocycles. The van der Waals surface area contributed by atoms with Crippen LogP contribution in [0.3, 0.4) is 0 Å². The second kappa shape index (κ2) is 6.33. The molecule has 5 aromatic carbocycles. The summed E-state index contributed by atoms with van der Waals surface area (Å²) in [7, 11) is 0. The lowest BCUT2D eigenvalue weighted by atomic mass is 9.91. The van der Waals surface area contributed by atoms with Crippen molar-refractivity contribution in [1.82, 2.24) is 0 Å². The summed E-state index contributed by atoms with van der Waals surface area (Å²) < 4.78 is 6.11. The van der Waals surface area contributed by atoms with Crippen LogP contribution in [0.1, 0.15) is 17.7 Å². The third-order valence-corrected chi connectivity index (χ3v) is 6.70. The first-order valence-electron chi connectivity index (χ1n) is 10.9. The summed E-state index contributed by atoms with van der Waals surface area (Å²) >= 11 is 0. The Morgan fingerprint density at radius 3 is 1.84 bits per heavy atom. The molecule has 1 heterocycles. The Labute approximate surface area is 180 Å². The van der Waals surface area contributed by atoms with Crippen LogP contribution >= 0.6 is 0 Å². The molecule has 1 heteroatoms. The standard InChI is InChI=1S/C30H20O/c1-2-9-23-21(7-1)22-8-3-4-10-24(22)27-17-19(13-15-25(23)27)20-14-16-30-28(18-20)26-11-5-6-12-29(26)31-30/h1-5,7-11,13-18H,6,12H2. The highest BCUT2D eigenvalue weighted by atomic mass is 16.3. The Bertz CT molecular complexity index is 1640. The lowest BCUT2D eigenvalue weighted by Gasteiger charge is -2.12. The van der Waals surface area contributed by atoms with E-state index in [0.29, 0.717) is 0 Å². The molecule has 1 nitrogen and oxygen atoms in total. The van der Waals surface area contributed by atoms with Crippen LogP contribution in [-0.2, 0) is 6.42 Å². The van der Waals surface area contributed by atoms with E-state index in [1.807, 2.05) is 0 Å².